The Hall–Kier alpha value is -0.160. The van der Waals surface area contributed by atoms with Gasteiger partial charge >= 0.3 is 0 Å². The first-order valence-electron chi connectivity index (χ1n) is 6.01. The summed E-state index contributed by atoms with van der Waals surface area (Å²) in [7, 11) is 1.72. The maximum atomic E-state index is 5.76. The van der Waals surface area contributed by atoms with Crippen molar-refractivity contribution in [2.45, 2.75) is 58.2 Å². The predicted molar refractivity (Wildman–Crippen MR) is 61.4 cm³/mol. The molecule has 1 aliphatic rings. The zero-order valence-electron chi connectivity index (χ0n) is 11.0. The lowest BCUT2D eigenvalue weighted by Crippen LogP contribution is -2.57. The van der Waals surface area contributed by atoms with Crippen LogP contribution >= 0.6 is 0 Å². The second-order valence-electron chi connectivity index (χ2n) is 4.32. The average Bonchev–Trinajstić information content (AvgIpc) is 2.24. The first-order chi connectivity index (χ1) is 7.57. The van der Waals surface area contributed by atoms with E-state index in [1.807, 2.05) is 20.8 Å². The molecule has 1 aliphatic heterocycles. The molecule has 0 N–H and O–H groups in total. The fourth-order valence-corrected chi connectivity index (χ4v) is 2.28. The second kappa shape index (κ2) is 5.96. The van der Waals surface area contributed by atoms with Gasteiger partial charge in [-0.1, -0.05) is 0 Å². The summed E-state index contributed by atoms with van der Waals surface area (Å²) in [6, 6.07) is 0. The van der Waals surface area contributed by atoms with E-state index in [1.165, 1.54) is 0 Å². The third-order valence-corrected chi connectivity index (χ3v) is 3.13. The van der Waals surface area contributed by atoms with Crippen LogP contribution in [-0.2, 0) is 18.9 Å². The minimum Gasteiger partial charge on any atom is -0.376 e. The van der Waals surface area contributed by atoms with Crippen molar-refractivity contribution in [1.82, 2.24) is 0 Å². The molecule has 0 radical (unpaired) electrons. The van der Waals surface area contributed by atoms with Gasteiger partial charge in [-0.3, -0.25) is 0 Å². The van der Waals surface area contributed by atoms with Crippen molar-refractivity contribution in [2.24, 2.45) is 0 Å². The molecule has 1 fully saturated rings. The quantitative estimate of drug-likeness (QED) is 0.726. The highest BCUT2D eigenvalue weighted by Crippen LogP contribution is 2.34. The van der Waals surface area contributed by atoms with Gasteiger partial charge in [0.25, 0.3) is 0 Å². The summed E-state index contributed by atoms with van der Waals surface area (Å²) in [5, 5.41) is 0. The third-order valence-electron chi connectivity index (χ3n) is 3.13. The van der Waals surface area contributed by atoms with E-state index < -0.39 is 0 Å². The van der Waals surface area contributed by atoms with Crippen molar-refractivity contribution in [1.29, 1.82) is 0 Å². The molecule has 0 amide bonds. The van der Waals surface area contributed by atoms with Crippen LogP contribution < -0.4 is 0 Å². The van der Waals surface area contributed by atoms with Crippen LogP contribution in [0.5, 0.6) is 0 Å². The van der Waals surface area contributed by atoms with Crippen LogP contribution in [0.1, 0.15) is 34.1 Å². The van der Waals surface area contributed by atoms with E-state index in [0.717, 1.165) is 0 Å². The molecule has 0 aromatic heterocycles. The molecule has 4 nitrogen and oxygen atoms in total. The van der Waals surface area contributed by atoms with E-state index >= 15 is 0 Å². The minimum absolute atomic E-state index is 0.0183. The van der Waals surface area contributed by atoms with Crippen molar-refractivity contribution in [3.63, 3.8) is 0 Å². The summed E-state index contributed by atoms with van der Waals surface area (Å²) in [5.41, 5.74) is -0.340. The fourth-order valence-electron chi connectivity index (χ4n) is 2.28. The Morgan fingerprint density at radius 3 is 2.38 bits per heavy atom. The molecule has 0 aromatic carbocycles. The molecule has 4 atom stereocenters. The highest BCUT2D eigenvalue weighted by atomic mass is 16.7. The van der Waals surface area contributed by atoms with Gasteiger partial charge in [0.2, 0.25) is 0 Å². The number of ether oxygens (including phenoxy) is 4. The Morgan fingerprint density at radius 1 is 1.25 bits per heavy atom. The fraction of sp³-hybridized carbons (Fsp3) is 1.00. The summed E-state index contributed by atoms with van der Waals surface area (Å²) in [4.78, 5) is 0. The standard InChI is InChI=1S/C12H24O4/c1-6-14-10-8-12(4,13-5)11(15-7-2)9(3)16-10/h9-11H,6-8H2,1-5H3/t9-,10-,11-,12+/m0/s1. The van der Waals surface area contributed by atoms with Crippen LogP contribution in [0.15, 0.2) is 0 Å². The van der Waals surface area contributed by atoms with Crippen LogP contribution in [0.2, 0.25) is 0 Å². The van der Waals surface area contributed by atoms with Gasteiger partial charge in [0.05, 0.1) is 11.7 Å². The molecule has 16 heavy (non-hydrogen) atoms. The zero-order valence-corrected chi connectivity index (χ0v) is 11.0. The summed E-state index contributed by atoms with van der Waals surface area (Å²) in [5.74, 6) is 0. The molecule has 0 spiro atoms. The molecule has 0 aliphatic carbocycles. The summed E-state index contributed by atoms with van der Waals surface area (Å²) < 4.78 is 22.6. The van der Waals surface area contributed by atoms with Crippen LogP contribution in [0.25, 0.3) is 0 Å². The largest absolute Gasteiger partial charge is 0.376 e. The van der Waals surface area contributed by atoms with E-state index in [4.69, 9.17) is 18.9 Å². The minimum atomic E-state index is -0.340. The molecule has 96 valence electrons. The lowest BCUT2D eigenvalue weighted by molar-refractivity contribution is -0.285. The predicted octanol–water partition coefficient (Wildman–Crippen LogP) is 1.97. The first kappa shape index (κ1) is 13.9. The van der Waals surface area contributed by atoms with Crippen molar-refractivity contribution < 1.29 is 18.9 Å². The normalized spacial score (nSPS) is 39.9. The summed E-state index contributed by atoms with van der Waals surface area (Å²) in [6.45, 7) is 9.32. The molecule has 1 saturated heterocycles. The first-order valence-corrected chi connectivity index (χ1v) is 6.01. The second-order valence-corrected chi connectivity index (χ2v) is 4.32. The van der Waals surface area contributed by atoms with E-state index in [1.54, 1.807) is 7.11 Å². The third kappa shape index (κ3) is 2.94. The molecule has 0 aromatic rings. The van der Waals surface area contributed by atoms with Crippen molar-refractivity contribution in [3.05, 3.63) is 0 Å². The summed E-state index contributed by atoms with van der Waals surface area (Å²) >= 11 is 0. The molecule has 0 saturated carbocycles. The van der Waals surface area contributed by atoms with E-state index in [-0.39, 0.29) is 24.1 Å². The number of hydrogen-bond donors (Lipinski definition) is 0. The van der Waals surface area contributed by atoms with Gasteiger partial charge in [0.15, 0.2) is 6.29 Å². The number of hydrogen-bond acceptors (Lipinski definition) is 4. The number of methoxy groups -OCH3 is 1. The van der Waals surface area contributed by atoms with Crippen LogP contribution in [0.4, 0.5) is 0 Å². The van der Waals surface area contributed by atoms with Gasteiger partial charge in [0.1, 0.15) is 6.10 Å². The lowest BCUT2D eigenvalue weighted by atomic mass is 9.88. The van der Waals surface area contributed by atoms with E-state index in [9.17, 15) is 0 Å². The van der Waals surface area contributed by atoms with E-state index in [0.29, 0.717) is 19.6 Å². The Morgan fingerprint density at radius 2 is 1.88 bits per heavy atom. The van der Waals surface area contributed by atoms with Gasteiger partial charge in [-0.05, 0) is 27.7 Å². The lowest BCUT2D eigenvalue weighted by Gasteiger charge is -2.46. The maximum Gasteiger partial charge on any atom is 0.160 e. The van der Waals surface area contributed by atoms with Crippen LogP contribution in [-0.4, -0.2) is 44.4 Å². The Bertz CT molecular complexity index is 209. The molecule has 1 rings (SSSR count). The van der Waals surface area contributed by atoms with Crippen molar-refractivity contribution >= 4 is 0 Å². The Labute approximate surface area is 98.2 Å². The topological polar surface area (TPSA) is 36.9 Å². The van der Waals surface area contributed by atoms with Crippen LogP contribution in [0, 0.1) is 0 Å². The monoisotopic (exact) mass is 232 g/mol. The van der Waals surface area contributed by atoms with E-state index in [2.05, 4.69) is 6.92 Å². The Balaban J connectivity index is 2.72. The van der Waals surface area contributed by atoms with Gasteiger partial charge in [-0.25, -0.2) is 0 Å². The number of rotatable bonds is 5. The van der Waals surface area contributed by atoms with Gasteiger partial charge < -0.3 is 18.9 Å². The smallest absolute Gasteiger partial charge is 0.160 e. The van der Waals surface area contributed by atoms with Crippen molar-refractivity contribution in [2.75, 3.05) is 20.3 Å². The van der Waals surface area contributed by atoms with Gasteiger partial charge in [-0.2, -0.15) is 0 Å². The van der Waals surface area contributed by atoms with Crippen molar-refractivity contribution in [3.8, 4) is 0 Å². The highest BCUT2D eigenvalue weighted by Gasteiger charge is 2.46. The SMILES string of the molecule is CCO[C@@H]1C[C@@](C)(OC)[C@@H](OCC)[C@H](C)O1. The van der Waals surface area contributed by atoms with Crippen LogP contribution in [0.3, 0.4) is 0 Å². The molecule has 4 heteroatoms. The highest BCUT2D eigenvalue weighted by molar-refractivity contribution is 4.93. The average molecular weight is 232 g/mol. The van der Waals surface area contributed by atoms with Gasteiger partial charge in [0, 0.05) is 26.7 Å². The molecule has 1 heterocycles. The zero-order chi connectivity index (χ0) is 12.2. The molecular formula is C12H24O4. The summed E-state index contributed by atoms with van der Waals surface area (Å²) in [6.07, 6.45) is 0.447. The van der Waals surface area contributed by atoms with Gasteiger partial charge in [-0.15, -0.1) is 0 Å². The maximum absolute atomic E-state index is 5.76. The Kier molecular flexibility index (Phi) is 5.18. The molecular weight excluding hydrogens is 208 g/mol. The molecule has 0 bridgehead atoms. The molecule has 0 unspecified atom stereocenters.